The molecule has 5 nitrogen and oxygen atoms in total. The first-order valence-electron chi connectivity index (χ1n) is 8.22. The van der Waals surface area contributed by atoms with Crippen LogP contribution in [0.5, 0.6) is 0 Å². The molecule has 0 saturated carbocycles. The zero-order valence-electron chi connectivity index (χ0n) is 15.0. The van der Waals surface area contributed by atoms with Crippen LogP contribution in [0.1, 0.15) is 22.3 Å². The van der Waals surface area contributed by atoms with E-state index in [-0.39, 0.29) is 24.3 Å². The van der Waals surface area contributed by atoms with Gasteiger partial charge in [-0.25, -0.2) is 0 Å². The SMILES string of the molecule is NC(N)(c1ccc(COCc2ccc(C(N)(N)C(F)(F)F)cc2)cc1)C(F)(F)F. The summed E-state index contributed by atoms with van der Waals surface area (Å²) in [5, 5.41) is 0. The summed E-state index contributed by atoms with van der Waals surface area (Å²) in [5.74, 6) is 0. The van der Waals surface area contributed by atoms with Crippen LogP contribution in [0.2, 0.25) is 0 Å². The monoisotopic (exact) mass is 422 g/mol. The highest BCUT2D eigenvalue weighted by atomic mass is 19.4. The van der Waals surface area contributed by atoms with Crippen LogP contribution in [0.4, 0.5) is 26.3 Å². The number of rotatable bonds is 6. The quantitative estimate of drug-likeness (QED) is 0.422. The predicted octanol–water partition coefficient (Wildman–Crippen LogP) is 2.67. The zero-order valence-corrected chi connectivity index (χ0v) is 15.0. The van der Waals surface area contributed by atoms with E-state index in [2.05, 4.69) is 0 Å². The number of hydrogen-bond donors (Lipinski definition) is 4. The highest BCUT2D eigenvalue weighted by molar-refractivity contribution is 5.30. The van der Waals surface area contributed by atoms with Crippen LogP contribution in [0.15, 0.2) is 48.5 Å². The summed E-state index contributed by atoms with van der Waals surface area (Å²) in [4.78, 5) is 0. The summed E-state index contributed by atoms with van der Waals surface area (Å²) in [6.07, 6.45) is -9.62. The summed E-state index contributed by atoms with van der Waals surface area (Å²) in [6.45, 7) is 0.104. The van der Waals surface area contributed by atoms with Gasteiger partial charge in [-0.1, -0.05) is 48.5 Å². The summed E-state index contributed by atoms with van der Waals surface area (Å²) in [7, 11) is 0. The maximum atomic E-state index is 12.8. The lowest BCUT2D eigenvalue weighted by Crippen LogP contribution is -2.57. The van der Waals surface area contributed by atoms with Crippen molar-refractivity contribution in [3.63, 3.8) is 0 Å². The minimum absolute atomic E-state index is 0.0520. The Hall–Kier alpha value is -2.18. The number of hydrogen-bond acceptors (Lipinski definition) is 5. The van der Waals surface area contributed by atoms with Gasteiger partial charge in [0.15, 0.2) is 11.3 Å². The van der Waals surface area contributed by atoms with E-state index < -0.39 is 23.7 Å². The lowest BCUT2D eigenvalue weighted by Gasteiger charge is -2.28. The molecule has 0 amide bonds. The van der Waals surface area contributed by atoms with Gasteiger partial charge in [-0.2, -0.15) is 26.3 Å². The summed E-state index contributed by atoms with van der Waals surface area (Å²) in [5.41, 5.74) is 15.2. The van der Waals surface area contributed by atoms with Crippen LogP contribution in [0, 0.1) is 0 Å². The lowest BCUT2D eigenvalue weighted by atomic mass is 9.99. The van der Waals surface area contributed by atoms with E-state index in [0.29, 0.717) is 11.1 Å². The molecule has 2 aromatic carbocycles. The van der Waals surface area contributed by atoms with Gasteiger partial charge in [0.1, 0.15) is 0 Å². The largest absolute Gasteiger partial charge is 0.423 e. The first-order chi connectivity index (χ1) is 13.2. The van der Waals surface area contributed by atoms with Gasteiger partial charge in [-0.3, -0.25) is 0 Å². The van der Waals surface area contributed by atoms with Crippen LogP contribution in [-0.4, -0.2) is 12.4 Å². The van der Waals surface area contributed by atoms with Crippen LogP contribution < -0.4 is 22.9 Å². The normalized spacial score (nSPS) is 13.6. The second-order valence-corrected chi connectivity index (χ2v) is 6.62. The highest BCUT2D eigenvalue weighted by Crippen LogP contribution is 2.33. The highest BCUT2D eigenvalue weighted by Gasteiger charge is 2.51. The molecule has 0 atom stereocenters. The van der Waals surface area contributed by atoms with Gasteiger partial charge in [0.2, 0.25) is 0 Å². The number of benzene rings is 2. The third-order valence-corrected chi connectivity index (χ3v) is 4.34. The van der Waals surface area contributed by atoms with Crippen molar-refractivity contribution in [1.82, 2.24) is 0 Å². The average Bonchev–Trinajstić information content (AvgIpc) is 2.61. The minimum atomic E-state index is -4.81. The predicted molar refractivity (Wildman–Crippen MR) is 93.6 cm³/mol. The van der Waals surface area contributed by atoms with Gasteiger partial charge in [0.05, 0.1) is 13.2 Å². The van der Waals surface area contributed by atoms with Crippen LogP contribution >= 0.6 is 0 Å². The lowest BCUT2D eigenvalue weighted by molar-refractivity contribution is -0.188. The van der Waals surface area contributed by atoms with E-state index in [0.717, 1.165) is 24.3 Å². The molecule has 0 bridgehead atoms. The van der Waals surface area contributed by atoms with E-state index >= 15 is 0 Å². The average molecular weight is 422 g/mol. The van der Waals surface area contributed by atoms with E-state index in [4.69, 9.17) is 27.7 Å². The van der Waals surface area contributed by atoms with Gasteiger partial charge in [-0.05, 0) is 22.3 Å². The summed E-state index contributed by atoms with van der Waals surface area (Å²) in [6, 6.07) is 10.2. The van der Waals surface area contributed by atoms with E-state index in [1.165, 1.54) is 24.3 Å². The standard InChI is InChI=1S/C18H20F6N4O/c19-17(20,21)15(25,26)13-5-1-11(2-6-13)9-29-10-12-3-7-14(8-4-12)16(27,28)18(22,23)24/h1-8H,9-10,25-28H2. The Bertz CT molecular complexity index is 745. The molecule has 0 aliphatic heterocycles. The molecule has 0 radical (unpaired) electrons. The molecule has 11 heteroatoms. The molecule has 0 fully saturated rings. The molecule has 0 spiro atoms. The second kappa shape index (κ2) is 7.92. The molecule has 8 N–H and O–H groups in total. The van der Waals surface area contributed by atoms with Gasteiger partial charge in [0.25, 0.3) is 0 Å². The van der Waals surface area contributed by atoms with Crippen molar-refractivity contribution in [1.29, 1.82) is 0 Å². The van der Waals surface area contributed by atoms with Crippen LogP contribution in [0.25, 0.3) is 0 Å². The van der Waals surface area contributed by atoms with Crippen molar-refractivity contribution in [2.24, 2.45) is 22.9 Å². The molecular weight excluding hydrogens is 402 g/mol. The second-order valence-electron chi connectivity index (χ2n) is 6.62. The topological polar surface area (TPSA) is 113 Å². The van der Waals surface area contributed by atoms with Crippen molar-refractivity contribution in [3.05, 3.63) is 70.8 Å². The number of nitrogens with two attached hydrogens (primary N) is 4. The molecule has 2 aromatic rings. The maximum Gasteiger partial charge on any atom is 0.423 e. The van der Waals surface area contributed by atoms with Crippen molar-refractivity contribution in [2.75, 3.05) is 0 Å². The Kier molecular flexibility index (Phi) is 6.31. The molecule has 0 aliphatic carbocycles. The number of alkyl halides is 6. The molecule has 0 saturated heterocycles. The van der Waals surface area contributed by atoms with Crippen molar-refractivity contribution >= 4 is 0 Å². The van der Waals surface area contributed by atoms with E-state index in [1.807, 2.05) is 0 Å². The van der Waals surface area contributed by atoms with Crippen molar-refractivity contribution in [2.45, 2.75) is 36.9 Å². The third-order valence-electron chi connectivity index (χ3n) is 4.34. The molecule has 29 heavy (non-hydrogen) atoms. The Morgan fingerprint density at radius 2 is 0.828 bits per heavy atom. The molecule has 160 valence electrons. The van der Waals surface area contributed by atoms with Crippen molar-refractivity contribution in [3.8, 4) is 0 Å². The smallest absolute Gasteiger partial charge is 0.372 e. The Morgan fingerprint density at radius 3 is 1.07 bits per heavy atom. The number of ether oxygens (including phenoxy) is 1. The third kappa shape index (κ3) is 5.06. The first-order valence-corrected chi connectivity index (χ1v) is 8.22. The maximum absolute atomic E-state index is 12.8. The van der Waals surface area contributed by atoms with Gasteiger partial charge in [-0.15, -0.1) is 0 Å². The molecule has 0 heterocycles. The molecular formula is C18H20F6N4O. The van der Waals surface area contributed by atoms with Gasteiger partial charge in [0, 0.05) is 0 Å². The summed E-state index contributed by atoms with van der Waals surface area (Å²) >= 11 is 0. The summed E-state index contributed by atoms with van der Waals surface area (Å²) < 4.78 is 82.4. The van der Waals surface area contributed by atoms with E-state index in [1.54, 1.807) is 0 Å². The zero-order chi connectivity index (χ0) is 22.1. The first kappa shape index (κ1) is 23.1. The fourth-order valence-electron chi connectivity index (χ4n) is 2.37. The molecule has 2 rings (SSSR count). The minimum Gasteiger partial charge on any atom is -0.372 e. The van der Waals surface area contributed by atoms with E-state index in [9.17, 15) is 26.3 Å². The van der Waals surface area contributed by atoms with Gasteiger partial charge >= 0.3 is 12.4 Å². The fourth-order valence-corrected chi connectivity index (χ4v) is 2.37. The van der Waals surface area contributed by atoms with Crippen LogP contribution in [0.3, 0.4) is 0 Å². The molecule has 0 aromatic heterocycles. The Balaban J connectivity index is 1.95. The Labute approximate surface area is 162 Å². The molecule has 0 unspecified atom stereocenters. The number of halogens is 6. The Morgan fingerprint density at radius 1 is 0.552 bits per heavy atom. The molecule has 0 aliphatic rings. The van der Waals surface area contributed by atoms with Crippen LogP contribution in [-0.2, 0) is 29.3 Å². The van der Waals surface area contributed by atoms with Crippen molar-refractivity contribution < 1.29 is 31.1 Å². The van der Waals surface area contributed by atoms with Gasteiger partial charge < -0.3 is 27.7 Å². The fraction of sp³-hybridized carbons (Fsp3) is 0.333.